The van der Waals surface area contributed by atoms with E-state index in [0.717, 1.165) is 23.1 Å². The molecule has 0 amide bonds. The van der Waals surface area contributed by atoms with Crippen molar-refractivity contribution >= 4 is 17.2 Å². The topological polar surface area (TPSA) is 30.2 Å². The Labute approximate surface area is 147 Å². The molecule has 0 unspecified atom stereocenters. The van der Waals surface area contributed by atoms with Gasteiger partial charge in [-0.05, 0) is 40.5 Å². The van der Waals surface area contributed by atoms with Gasteiger partial charge in [0.05, 0.1) is 17.4 Å². The minimum absolute atomic E-state index is 0.823. The van der Waals surface area contributed by atoms with Gasteiger partial charge in [-0.25, -0.2) is 4.98 Å². The van der Waals surface area contributed by atoms with Gasteiger partial charge in [-0.1, -0.05) is 54.6 Å². The fourth-order valence-corrected chi connectivity index (χ4v) is 3.08. The summed E-state index contributed by atoms with van der Waals surface area (Å²) in [6.45, 7) is 0.823. The van der Waals surface area contributed by atoms with Crippen LogP contribution in [0.1, 0.15) is 11.1 Å². The van der Waals surface area contributed by atoms with Crippen LogP contribution in [0.3, 0.4) is 0 Å². The number of fused-ring (bicyclic) bond motifs is 1. The van der Waals surface area contributed by atoms with Crippen LogP contribution in [0.15, 0.2) is 84.1 Å². The maximum atomic E-state index is 4.46. The van der Waals surface area contributed by atoms with E-state index in [2.05, 4.69) is 75.2 Å². The molecule has 1 heterocycles. The third-order valence-electron chi connectivity index (χ3n) is 4.33. The molecule has 25 heavy (non-hydrogen) atoms. The van der Waals surface area contributed by atoms with Crippen molar-refractivity contribution in [2.45, 2.75) is 6.54 Å². The lowest BCUT2D eigenvalue weighted by Crippen LogP contribution is -1.97. The molecule has 3 nitrogen and oxygen atoms in total. The van der Waals surface area contributed by atoms with Crippen LogP contribution in [0.2, 0.25) is 0 Å². The molecule has 4 aromatic rings. The summed E-state index contributed by atoms with van der Waals surface area (Å²) in [6.07, 6.45) is 3.79. The van der Waals surface area contributed by atoms with Crippen LogP contribution < -0.4 is 0 Å². The van der Waals surface area contributed by atoms with Gasteiger partial charge in [0.15, 0.2) is 0 Å². The Balaban J connectivity index is 1.59. The number of hydrogen-bond donors (Lipinski definition) is 0. The summed E-state index contributed by atoms with van der Waals surface area (Å²) >= 11 is 0. The number of benzene rings is 3. The number of nitrogens with zero attached hydrogens (tertiary/aromatic N) is 3. The molecule has 0 spiro atoms. The molecule has 0 N–H and O–H groups in total. The van der Waals surface area contributed by atoms with Crippen molar-refractivity contribution in [1.29, 1.82) is 0 Å². The lowest BCUT2D eigenvalue weighted by molar-refractivity contribution is 0.825. The Morgan fingerprint density at radius 3 is 2.60 bits per heavy atom. The molecule has 1 aromatic heterocycles. The maximum absolute atomic E-state index is 4.46. The number of aromatic nitrogens is 2. The first kappa shape index (κ1) is 15.3. The van der Waals surface area contributed by atoms with Gasteiger partial charge in [0, 0.05) is 19.8 Å². The van der Waals surface area contributed by atoms with Crippen LogP contribution in [-0.4, -0.2) is 22.8 Å². The predicted molar refractivity (Wildman–Crippen MR) is 104 cm³/mol. The average molecular weight is 325 g/mol. The molecule has 0 radical (unpaired) electrons. The number of aliphatic imine (C=N–C) groups is 1. The number of rotatable bonds is 4. The van der Waals surface area contributed by atoms with Gasteiger partial charge in [-0.2, -0.15) is 0 Å². The zero-order chi connectivity index (χ0) is 17.1. The lowest BCUT2D eigenvalue weighted by Gasteiger charge is -2.07. The van der Waals surface area contributed by atoms with E-state index in [4.69, 9.17) is 0 Å². The summed E-state index contributed by atoms with van der Waals surface area (Å²) in [5.74, 6) is 0. The standard InChI is InChI=1S/C22H19N3/c1-23-14-18-5-4-6-20(13-18)19-11-9-17(10-12-19)15-25-16-24-21-7-2-3-8-22(21)25/h2-14,16H,15H2,1H3/b23-14+. The third-order valence-corrected chi connectivity index (χ3v) is 4.33. The summed E-state index contributed by atoms with van der Waals surface area (Å²) in [5, 5.41) is 0. The molecule has 0 fully saturated rings. The van der Waals surface area contributed by atoms with Gasteiger partial charge in [0.2, 0.25) is 0 Å². The van der Waals surface area contributed by atoms with Gasteiger partial charge in [-0.3, -0.25) is 4.99 Å². The van der Waals surface area contributed by atoms with Crippen LogP contribution in [0.25, 0.3) is 22.2 Å². The number of hydrogen-bond acceptors (Lipinski definition) is 2. The van der Waals surface area contributed by atoms with Gasteiger partial charge in [-0.15, -0.1) is 0 Å². The summed E-state index contributed by atoms with van der Waals surface area (Å²) in [6, 6.07) is 25.4. The largest absolute Gasteiger partial charge is 0.326 e. The molecule has 0 aliphatic rings. The van der Waals surface area contributed by atoms with Crippen LogP contribution >= 0.6 is 0 Å². The minimum Gasteiger partial charge on any atom is -0.326 e. The van der Waals surface area contributed by atoms with E-state index in [1.54, 1.807) is 7.05 Å². The van der Waals surface area contributed by atoms with Crippen molar-refractivity contribution in [1.82, 2.24) is 9.55 Å². The quantitative estimate of drug-likeness (QED) is 0.496. The lowest BCUT2D eigenvalue weighted by atomic mass is 10.0. The van der Waals surface area contributed by atoms with Gasteiger partial charge in [0.25, 0.3) is 0 Å². The first-order valence-corrected chi connectivity index (χ1v) is 8.35. The van der Waals surface area contributed by atoms with Crippen molar-refractivity contribution in [2.24, 2.45) is 4.99 Å². The molecule has 3 aromatic carbocycles. The highest BCUT2D eigenvalue weighted by Crippen LogP contribution is 2.21. The Bertz CT molecular complexity index is 1030. The van der Waals surface area contributed by atoms with Crippen LogP contribution in [0.5, 0.6) is 0 Å². The first-order valence-electron chi connectivity index (χ1n) is 8.35. The molecule has 0 bridgehead atoms. The summed E-state index contributed by atoms with van der Waals surface area (Å²) in [4.78, 5) is 8.55. The van der Waals surface area contributed by atoms with Gasteiger partial charge in [0.1, 0.15) is 0 Å². The molecule has 0 aliphatic heterocycles. The minimum atomic E-state index is 0.823. The fourth-order valence-electron chi connectivity index (χ4n) is 3.08. The fraction of sp³-hybridized carbons (Fsp3) is 0.0909. The average Bonchev–Trinajstić information content (AvgIpc) is 3.06. The highest BCUT2D eigenvalue weighted by atomic mass is 15.0. The molecule has 0 saturated heterocycles. The molecule has 0 atom stereocenters. The monoisotopic (exact) mass is 325 g/mol. The summed E-state index contributed by atoms with van der Waals surface area (Å²) < 4.78 is 2.18. The van der Waals surface area contributed by atoms with E-state index in [-0.39, 0.29) is 0 Å². The van der Waals surface area contributed by atoms with Crippen LogP contribution in [0, 0.1) is 0 Å². The molecule has 0 aliphatic carbocycles. The van der Waals surface area contributed by atoms with Crippen molar-refractivity contribution in [3.8, 4) is 11.1 Å². The summed E-state index contributed by atoms with van der Waals surface area (Å²) in [7, 11) is 1.79. The van der Waals surface area contributed by atoms with Crippen LogP contribution in [-0.2, 0) is 6.54 Å². The predicted octanol–water partition coefficient (Wildman–Crippen LogP) is 4.80. The molecular weight excluding hydrogens is 306 g/mol. The molecule has 0 saturated carbocycles. The second-order valence-electron chi connectivity index (χ2n) is 6.07. The van der Waals surface area contributed by atoms with Gasteiger partial charge < -0.3 is 4.57 Å². The van der Waals surface area contributed by atoms with Crippen molar-refractivity contribution in [3.63, 3.8) is 0 Å². The second kappa shape index (κ2) is 6.73. The number of imidazole rings is 1. The second-order valence-corrected chi connectivity index (χ2v) is 6.07. The SMILES string of the molecule is C/N=C/c1cccc(-c2ccc(Cn3cnc4ccccc43)cc2)c1. The Morgan fingerprint density at radius 1 is 0.920 bits per heavy atom. The van der Waals surface area contributed by atoms with Gasteiger partial charge >= 0.3 is 0 Å². The van der Waals surface area contributed by atoms with E-state index in [1.807, 2.05) is 24.7 Å². The van der Waals surface area contributed by atoms with Crippen molar-refractivity contribution < 1.29 is 0 Å². The highest BCUT2D eigenvalue weighted by molar-refractivity contribution is 5.82. The molecule has 3 heteroatoms. The Hall–Kier alpha value is -3.20. The van der Waals surface area contributed by atoms with Crippen LogP contribution in [0.4, 0.5) is 0 Å². The molecular formula is C22H19N3. The van der Waals surface area contributed by atoms with E-state index in [0.29, 0.717) is 0 Å². The molecule has 4 rings (SSSR count). The van der Waals surface area contributed by atoms with E-state index < -0.39 is 0 Å². The maximum Gasteiger partial charge on any atom is 0.0961 e. The third kappa shape index (κ3) is 3.22. The van der Waals surface area contributed by atoms with E-state index in [9.17, 15) is 0 Å². The van der Waals surface area contributed by atoms with E-state index in [1.165, 1.54) is 16.7 Å². The van der Waals surface area contributed by atoms with E-state index >= 15 is 0 Å². The van der Waals surface area contributed by atoms with Crippen molar-refractivity contribution in [2.75, 3.05) is 7.05 Å². The smallest absolute Gasteiger partial charge is 0.0961 e. The Kier molecular flexibility index (Phi) is 4.13. The normalized spacial score (nSPS) is 11.4. The highest BCUT2D eigenvalue weighted by Gasteiger charge is 2.03. The zero-order valence-corrected chi connectivity index (χ0v) is 14.1. The summed E-state index contributed by atoms with van der Waals surface area (Å²) in [5.41, 5.74) is 7.00. The number of para-hydroxylation sites is 2. The molecule has 122 valence electrons. The first-order chi connectivity index (χ1) is 12.3. The Morgan fingerprint density at radius 2 is 1.76 bits per heavy atom. The zero-order valence-electron chi connectivity index (χ0n) is 14.1. The van der Waals surface area contributed by atoms with Crippen molar-refractivity contribution in [3.05, 3.63) is 90.3 Å².